The van der Waals surface area contributed by atoms with Crippen LogP contribution in [0.3, 0.4) is 0 Å². The largest absolute Gasteiger partial charge is 0.461 e. The number of carbonyl (C=O) groups is 1. The van der Waals surface area contributed by atoms with Gasteiger partial charge in [-0.1, -0.05) is 0 Å². The topological polar surface area (TPSA) is 115 Å². The third-order valence-corrected chi connectivity index (χ3v) is 2.89. The number of H-pyrrole nitrogens is 1. The predicted molar refractivity (Wildman–Crippen MR) is 70.7 cm³/mol. The Kier molecular flexibility index (Phi) is 3.46. The molecule has 0 radical (unpaired) electrons. The van der Waals surface area contributed by atoms with Crippen LogP contribution in [0.15, 0.2) is 29.0 Å². The molecule has 0 fully saturated rings. The second-order valence-electron chi connectivity index (χ2n) is 4.42. The van der Waals surface area contributed by atoms with E-state index < -0.39 is 0 Å². The summed E-state index contributed by atoms with van der Waals surface area (Å²) in [4.78, 5) is 13.0. The van der Waals surface area contributed by atoms with Crippen molar-refractivity contribution in [3.8, 4) is 11.6 Å². The van der Waals surface area contributed by atoms with Crippen molar-refractivity contribution in [3.05, 3.63) is 35.9 Å². The highest BCUT2D eigenvalue weighted by Gasteiger charge is 2.11. The molecule has 3 aromatic rings. The SMILES string of the molecule is Cc1[nH]ncc1CNC(=O)Cn1nnc(-c2ccco2)n1. The van der Waals surface area contributed by atoms with Crippen molar-refractivity contribution in [3.63, 3.8) is 0 Å². The monoisotopic (exact) mass is 287 g/mol. The lowest BCUT2D eigenvalue weighted by Gasteiger charge is -2.03. The molecule has 0 aliphatic carbocycles. The molecule has 0 saturated heterocycles. The van der Waals surface area contributed by atoms with Crippen LogP contribution < -0.4 is 5.32 Å². The number of hydrogen-bond donors (Lipinski definition) is 2. The highest BCUT2D eigenvalue weighted by molar-refractivity contribution is 5.75. The van der Waals surface area contributed by atoms with Crippen LogP contribution >= 0.6 is 0 Å². The fourth-order valence-corrected chi connectivity index (χ4v) is 1.75. The number of tetrazole rings is 1. The molecule has 0 aliphatic rings. The van der Waals surface area contributed by atoms with Crippen LogP contribution in [0.5, 0.6) is 0 Å². The molecule has 3 aromatic heterocycles. The van der Waals surface area contributed by atoms with Crippen molar-refractivity contribution >= 4 is 5.91 Å². The van der Waals surface area contributed by atoms with Gasteiger partial charge in [-0.05, 0) is 24.3 Å². The molecule has 108 valence electrons. The maximum Gasteiger partial charge on any atom is 0.243 e. The van der Waals surface area contributed by atoms with Crippen LogP contribution in [0.25, 0.3) is 11.6 Å². The van der Waals surface area contributed by atoms with E-state index in [1.165, 1.54) is 11.1 Å². The first-order chi connectivity index (χ1) is 10.2. The Morgan fingerprint density at radius 3 is 3.14 bits per heavy atom. The molecule has 9 nitrogen and oxygen atoms in total. The number of aromatic nitrogens is 6. The minimum absolute atomic E-state index is 0.00932. The van der Waals surface area contributed by atoms with E-state index in [-0.39, 0.29) is 12.5 Å². The van der Waals surface area contributed by atoms with Gasteiger partial charge in [0.05, 0.1) is 12.5 Å². The average Bonchev–Trinajstić information content (AvgIpc) is 3.17. The van der Waals surface area contributed by atoms with Crippen molar-refractivity contribution in [2.24, 2.45) is 0 Å². The molecule has 3 heterocycles. The van der Waals surface area contributed by atoms with Gasteiger partial charge in [-0.15, -0.1) is 10.2 Å². The van der Waals surface area contributed by atoms with Gasteiger partial charge in [0.1, 0.15) is 6.54 Å². The van der Waals surface area contributed by atoms with Crippen LogP contribution in [-0.2, 0) is 17.9 Å². The minimum Gasteiger partial charge on any atom is -0.461 e. The van der Waals surface area contributed by atoms with E-state index in [9.17, 15) is 4.79 Å². The van der Waals surface area contributed by atoms with Gasteiger partial charge in [0.2, 0.25) is 11.7 Å². The summed E-state index contributed by atoms with van der Waals surface area (Å²) in [5.41, 5.74) is 1.86. The number of aryl methyl sites for hydroxylation is 1. The summed E-state index contributed by atoms with van der Waals surface area (Å²) >= 11 is 0. The number of hydrogen-bond acceptors (Lipinski definition) is 6. The highest BCUT2D eigenvalue weighted by atomic mass is 16.3. The Hall–Kier alpha value is -2.97. The van der Waals surface area contributed by atoms with Gasteiger partial charge in [0, 0.05) is 17.8 Å². The van der Waals surface area contributed by atoms with Crippen LogP contribution in [-0.4, -0.2) is 36.3 Å². The van der Waals surface area contributed by atoms with Gasteiger partial charge in [-0.2, -0.15) is 9.90 Å². The Morgan fingerprint density at radius 1 is 1.52 bits per heavy atom. The molecule has 9 heteroatoms. The molecule has 0 bridgehead atoms. The van der Waals surface area contributed by atoms with E-state index in [2.05, 4.69) is 30.9 Å². The quantitative estimate of drug-likeness (QED) is 0.696. The number of carbonyl (C=O) groups excluding carboxylic acids is 1. The van der Waals surface area contributed by atoms with Gasteiger partial charge in [-0.25, -0.2) is 0 Å². The molecule has 0 spiro atoms. The van der Waals surface area contributed by atoms with Crippen molar-refractivity contribution in [1.29, 1.82) is 0 Å². The molecule has 2 N–H and O–H groups in total. The second kappa shape index (κ2) is 5.57. The van der Waals surface area contributed by atoms with Crippen LogP contribution in [0.2, 0.25) is 0 Å². The molecular weight excluding hydrogens is 274 g/mol. The van der Waals surface area contributed by atoms with Gasteiger partial charge in [0.25, 0.3) is 0 Å². The molecule has 0 aliphatic heterocycles. The Morgan fingerprint density at radius 2 is 2.43 bits per heavy atom. The summed E-state index contributed by atoms with van der Waals surface area (Å²) in [6.45, 7) is 2.29. The Labute approximate surface area is 119 Å². The lowest BCUT2D eigenvalue weighted by molar-refractivity contribution is -0.122. The predicted octanol–water partition coefficient (Wildman–Crippen LogP) is 0.281. The van der Waals surface area contributed by atoms with Crippen molar-refractivity contribution in [2.45, 2.75) is 20.0 Å². The molecule has 0 saturated carbocycles. The van der Waals surface area contributed by atoms with E-state index in [1.54, 1.807) is 18.3 Å². The summed E-state index contributed by atoms with van der Waals surface area (Å²) in [5, 5.41) is 21.2. The number of furan rings is 1. The van der Waals surface area contributed by atoms with E-state index in [1.807, 2.05) is 6.92 Å². The summed E-state index contributed by atoms with van der Waals surface area (Å²) in [6, 6.07) is 3.46. The first kappa shape index (κ1) is 13.0. The summed E-state index contributed by atoms with van der Waals surface area (Å²) < 4.78 is 5.16. The summed E-state index contributed by atoms with van der Waals surface area (Å²) in [5.74, 6) is 0.646. The molecule has 0 aromatic carbocycles. The minimum atomic E-state index is -0.209. The molecule has 3 rings (SSSR count). The summed E-state index contributed by atoms with van der Waals surface area (Å²) in [6.07, 6.45) is 3.20. The first-order valence-electron chi connectivity index (χ1n) is 6.29. The zero-order valence-corrected chi connectivity index (χ0v) is 11.3. The zero-order chi connectivity index (χ0) is 14.7. The van der Waals surface area contributed by atoms with Crippen molar-refractivity contribution in [2.75, 3.05) is 0 Å². The zero-order valence-electron chi connectivity index (χ0n) is 11.3. The molecule has 0 atom stereocenters. The number of nitrogens with one attached hydrogen (secondary N) is 2. The van der Waals surface area contributed by atoms with Gasteiger partial charge >= 0.3 is 0 Å². The Balaban J connectivity index is 1.57. The van der Waals surface area contributed by atoms with Crippen molar-refractivity contribution < 1.29 is 9.21 Å². The third-order valence-electron chi connectivity index (χ3n) is 2.89. The average molecular weight is 287 g/mol. The first-order valence-corrected chi connectivity index (χ1v) is 6.29. The highest BCUT2D eigenvalue weighted by Crippen LogP contribution is 2.12. The van der Waals surface area contributed by atoms with Crippen molar-refractivity contribution in [1.82, 2.24) is 35.7 Å². The number of amides is 1. The maximum absolute atomic E-state index is 11.8. The fourth-order valence-electron chi connectivity index (χ4n) is 1.75. The van der Waals surface area contributed by atoms with Crippen LogP contribution in [0.4, 0.5) is 0 Å². The molecule has 1 amide bonds. The van der Waals surface area contributed by atoms with Crippen LogP contribution in [0.1, 0.15) is 11.3 Å². The van der Waals surface area contributed by atoms with Gasteiger partial charge in [0.15, 0.2) is 5.76 Å². The number of rotatable bonds is 5. The molecule has 0 unspecified atom stereocenters. The smallest absolute Gasteiger partial charge is 0.243 e. The Bertz CT molecular complexity index is 728. The number of aromatic amines is 1. The fraction of sp³-hybridized carbons (Fsp3) is 0.250. The lowest BCUT2D eigenvalue weighted by atomic mass is 10.2. The lowest BCUT2D eigenvalue weighted by Crippen LogP contribution is -2.28. The van der Waals surface area contributed by atoms with E-state index in [4.69, 9.17) is 4.42 Å². The van der Waals surface area contributed by atoms with Gasteiger partial charge in [-0.3, -0.25) is 9.89 Å². The van der Waals surface area contributed by atoms with E-state index in [0.29, 0.717) is 18.1 Å². The summed E-state index contributed by atoms with van der Waals surface area (Å²) in [7, 11) is 0. The van der Waals surface area contributed by atoms with Crippen LogP contribution in [0, 0.1) is 6.92 Å². The number of nitrogens with zero attached hydrogens (tertiary/aromatic N) is 5. The maximum atomic E-state index is 11.8. The third kappa shape index (κ3) is 2.96. The normalized spacial score (nSPS) is 10.7. The van der Waals surface area contributed by atoms with E-state index >= 15 is 0 Å². The second-order valence-corrected chi connectivity index (χ2v) is 4.42. The molecular formula is C12H13N7O2. The van der Waals surface area contributed by atoms with Gasteiger partial charge < -0.3 is 9.73 Å². The molecule has 21 heavy (non-hydrogen) atoms. The standard InChI is InChI=1S/C12H13N7O2/c1-8-9(6-14-15-8)5-13-11(20)7-19-17-12(16-18-19)10-3-2-4-21-10/h2-4,6H,5,7H2,1H3,(H,13,20)(H,14,15). The van der Waals surface area contributed by atoms with E-state index in [0.717, 1.165) is 11.3 Å².